The number of urea groups is 1. The Morgan fingerprint density at radius 2 is 2.04 bits per heavy atom. The molecule has 0 saturated carbocycles. The van der Waals surface area contributed by atoms with Crippen molar-refractivity contribution in [2.75, 3.05) is 31.6 Å². The van der Waals surface area contributed by atoms with E-state index in [0.29, 0.717) is 19.1 Å². The lowest BCUT2D eigenvalue weighted by molar-refractivity contribution is -0.0566. The van der Waals surface area contributed by atoms with Crippen LogP contribution < -0.4 is 10.6 Å². The summed E-state index contributed by atoms with van der Waals surface area (Å²) in [7, 11) is 0. The predicted molar refractivity (Wildman–Crippen MR) is 93.3 cm³/mol. The minimum atomic E-state index is -0.155. The van der Waals surface area contributed by atoms with Gasteiger partial charge in [0.05, 0.1) is 12.7 Å². The highest BCUT2D eigenvalue weighted by atomic mass is 16.5. The summed E-state index contributed by atoms with van der Waals surface area (Å²) in [5.41, 5.74) is 3.10. The van der Waals surface area contributed by atoms with Crippen molar-refractivity contribution in [1.29, 1.82) is 0 Å². The van der Waals surface area contributed by atoms with Crippen LogP contribution in [0.15, 0.2) is 18.2 Å². The van der Waals surface area contributed by atoms with Gasteiger partial charge >= 0.3 is 6.03 Å². The number of hydrogen-bond acceptors (Lipinski definition) is 4. The number of benzene rings is 1. The SMILES string of the molecule is Cc1cc(C)cc(NC(=O)N[C@H]2C[C@H]3CO[C@@H](CCO)CN3C2)c1. The van der Waals surface area contributed by atoms with Gasteiger partial charge in [0.1, 0.15) is 0 Å². The van der Waals surface area contributed by atoms with Crippen LogP contribution in [-0.4, -0.2) is 60.5 Å². The van der Waals surface area contributed by atoms with Crippen molar-refractivity contribution in [1.82, 2.24) is 10.2 Å². The Labute approximate surface area is 143 Å². The second-order valence-electron chi connectivity index (χ2n) is 6.98. The Bertz CT molecular complexity index is 573. The lowest BCUT2D eigenvalue weighted by Crippen LogP contribution is -2.46. The van der Waals surface area contributed by atoms with E-state index in [4.69, 9.17) is 9.84 Å². The average Bonchev–Trinajstić information content (AvgIpc) is 2.87. The summed E-state index contributed by atoms with van der Waals surface area (Å²) in [5.74, 6) is 0. The van der Waals surface area contributed by atoms with Crippen molar-refractivity contribution in [3.63, 3.8) is 0 Å². The Balaban J connectivity index is 1.51. The Morgan fingerprint density at radius 1 is 1.29 bits per heavy atom. The van der Waals surface area contributed by atoms with Crippen molar-refractivity contribution >= 4 is 11.7 Å². The van der Waals surface area contributed by atoms with Crippen LogP contribution in [-0.2, 0) is 4.74 Å². The molecule has 0 radical (unpaired) electrons. The summed E-state index contributed by atoms with van der Waals surface area (Å²) in [6.07, 6.45) is 1.69. The molecule has 3 N–H and O–H groups in total. The number of carbonyl (C=O) groups is 1. The van der Waals surface area contributed by atoms with Crippen LogP contribution in [0.5, 0.6) is 0 Å². The third kappa shape index (κ3) is 4.26. The van der Waals surface area contributed by atoms with Crippen LogP contribution in [0.4, 0.5) is 10.5 Å². The first-order valence-corrected chi connectivity index (χ1v) is 8.66. The maximum Gasteiger partial charge on any atom is 0.319 e. The van der Waals surface area contributed by atoms with E-state index in [2.05, 4.69) is 21.6 Å². The molecule has 0 bridgehead atoms. The molecule has 2 aliphatic heterocycles. The molecule has 6 heteroatoms. The fourth-order valence-electron chi connectivity index (χ4n) is 3.77. The summed E-state index contributed by atoms with van der Waals surface area (Å²) in [4.78, 5) is 14.6. The minimum Gasteiger partial charge on any atom is -0.396 e. The zero-order valence-electron chi connectivity index (χ0n) is 14.4. The van der Waals surface area contributed by atoms with Crippen molar-refractivity contribution in [2.24, 2.45) is 0 Å². The number of hydrogen-bond donors (Lipinski definition) is 3. The average molecular weight is 333 g/mol. The number of amides is 2. The third-order valence-electron chi connectivity index (χ3n) is 4.76. The molecule has 2 aliphatic rings. The topological polar surface area (TPSA) is 73.8 Å². The normalized spacial score (nSPS) is 26.9. The standard InChI is InChI=1S/C18H27N3O3/c1-12-5-13(2)7-14(6-12)19-18(23)20-15-8-16-11-24-17(3-4-22)10-21(16)9-15/h5-7,15-17,22H,3-4,8-11H2,1-2H3,(H2,19,20,23)/t15-,16-,17-/m0/s1. The van der Waals surface area contributed by atoms with Crippen LogP contribution >= 0.6 is 0 Å². The highest BCUT2D eigenvalue weighted by Gasteiger charge is 2.37. The monoisotopic (exact) mass is 333 g/mol. The highest BCUT2D eigenvalue weighted by Crippen LogP contribution is 2.24. The number of nitrogens with zero attached hydrogens (tertiary/aromatic N) is 1. The molecular weight excluding hydrogens is 306 g/mol. The number of nitrogens with one attached hydrogen (secondary N) is 2. The van der Waals surface area contributed by atoms with E-state index in [0.717, 1.165) is 36.3 Å². The van der Waals surface area contributed by atoms with Gasteiger partial charge < -0.3 is 20.5 Å². The molecule has 2 saturated heterocycles. The van der Waals surface area contributed by atoms with Crippen LogP contribution in [0.3, 0.4) is 0 Å². The van der Waals surface area contributed by atoms with Crippen LogP contribution in [0.25, 0.3) is 0 Å². The number of morpholine rings is 1. The maximum absolute atomic E-state index is 12.3. The number of carbonyl (C=O) groups excluding carboxylic acids is 1. The lowest BCUT2D eigenvalue weighted by atomic mass is 10.1. The molecule has 6 nitrogen and oxygen atoms in total. The zero-order chi connectivity index (χ0) is 17.1. The summed E-state index contributed by atoms with van der Waals surface area (Å²) in [6, 6.07) is 6.37. The van der Waals surface area contributed by atoms with Crippen LogP contribution in [0.2, 0.25) is 0 Å². The Kier molecular flexibility index (Phi) is 5.38. The summed E-state index contributed by atoms with van der Waals surface area (Å²) >= 11 is 0. The van der Waals surface area contributed by atoms with Crippen molar-refractivity contribution in [3.8, 4) is 0 Å². The van der Waals surface area contributed by atoms with E-state index in [-0.39, 0.29) is 24.8 Å². The molecule has 0 spiro atoms. The van der Waals surface area contributed by atoms with Gasteiger partial charge in [-0.05, 0) is 49.9 Å². The predicted octanol–water partition coefficient (Wildman–Crippen LogP) is 1.65. The molecule has 1 aromatic carbocycles. The molecule has 0 aliphatic carbocycles. The fraction of sp³-hybridized carbons (Fsp3) is 0.611. The highest BCUT2D eigenvalue weighted by molar-refractivity contribution is 5.89. The smallest absolute Gasteiger partial charge is 0.319 e. The molecule has 132 valence electrons. The van der Waals surface area contributed by atoms with Gasteiger partial charge in [-0.15, -0.1) is 0 Å². The second kappa shape index (κ2) is 7.51. The number of ether oxygens (including phenoxy) is 1. The van der Waals surface area contributed by atoms with Crippen LogP contribution in [0.1, 0.15) is 24.0 Å². The Hall–Kier alpha value is -1.63. The number of aryl methyl sites for hydroxylation is 2. The first-order valence-electron chi connectivity index (χ1n) is 8.66. The molecule has 2 amide bonds. The molecule has 3 rings (SSSR count). The van der Waals surface area contributed by atoms with Gasteiger partial charge in [-0.1, -0.05) is 6.07 Å². The number of anilines is 1. The molecular formula is C18H27N3O3. The second-order valence-corrected chi connectivity index (χ2v) is 6.98. The van der Waals surface area contributed by atoms with E-state index in [1.807, 2.05) is 26.0 Å². The third-order valence-corrected chi connectivity index (χ3v) is 4.76. The zero-order valence-corrected chi connectivity index (χ0v) is 14.4. The summed E-state index contributed by atoms with van der Waals surface area (Å²) in [5, 5.41) is 15.0. The number of fused-ring (bicyclic) bond motifs is 1. The van der Waals surface area contributed by atoms with Crippen molar-refractivity contribution in [3.05, 3.63) is 29.3 Å². The molecule has 2 fully saturated rings. The molecule has 2 heterocycles. The molecule has 0 aromatic heterocycles. The van der Waals surface area contributed by atoms with Gasteiger partial charge in [0.25, 0.3) is 0 Å². The van der Waals surface area contributed by atoms with E-state index < -0.39 is 0 Å². The maximum atomic E-state index is 12.3. The van der Waals surface area contributed by atoms with E-state index in [1.54, 1.807) is 0 Å². The summed E-state index contributed by atoms with van der Waals surface area (Å²) < 4.78 is 5.78. The van der Waals surface area contributed by atoms with Gasteiger partial charge in [-0.3, -0.25) is 4.90 Å². The lowest BCUT2D eigenvalue weighted by Gasteiger charge is -2.34. The number of aliphatic hydroxyl groups is 1. The molecule has 0 unspecified atom stereocenters. The van der Waals surface area contributed by atoms with Gasteiger partial charge in [-0.25, -0.2) is 4.79 Å². The van der Waals surface area contributed by atoms with E-state index in [1.165, 1.54) is 0 Å². The number of aliphatic hydroxyl groups excluding tert-OH is 1. The Morgan fingerprint density at radius 3 is 2.75 bits per heavy atom. The molecule has 1 aromatic rings. The van der Waals surface area contributed by atoms with Gasteiger partial charge in [-0.2, -0.15) is 0 Å². The van der Waals surface area contributed by atoms with E-state index >= 15 is 0 Å². The summed E-state index contributed by atoms with van der Waals surface area (Å²) in [6.45, 7) is 6.56. The van der Waals surface area contributed by atoms with Crippen molar-refractivity contribution < 1.29 is 14.6 Å². The quantitative estimate of drug-likeness (QED) is 0.783. The molecule has 3 atom stereocenters. The largest absolute Gasteiger partial charge is 0.396 e. The minimum absolute atomic E-state index is 0.106. The van der Waals surface area contributed by atoms with Gasteiger partial charge in [0.2, 0.25) is 0 Å². The van der Waals surface area contributed by atoms with E-state index in [9.17, 15) is 4.79 Å². The first-order chi connectivity index (χ1) is 11.5. The van der Waals surface area contributed by atoms with Crippen molar-refractivity contribution in [2.45, 2.75) is 44.9 Å². The van der Waals surface area contributed by atoms with Gasteiger partial charge in [0.15, 0.2) is 0 Å². The molecule has 24 heavy (non-hydrogen) atoms. The fourth-order valence-corrected chi connectivity index (χ4v) is 3.77. The van der Waals surface area contributed by atoms with Crippen LogP contribution in [0, 0.1) is 13.8 Å². The number of rotatable bonds is 4. The van der Waals surface area contributed by atoms with Gasteiger partial charge in [0, 0.05) is 37.5 Å². The first kappa shape index (κ1) is 17.2.